The summed E-state index contributed by atoms with van der Waals surface area (Å²) in [5, 5.41) is 6.77. The molecule has 124 valence electrons. The van der Waals surface area contributed by atoms with Crippen molar-refractivity contribution in [3.8, 4) is 0 Å². The van der Waals surface area contributed by atoms with Crippen molar-refractivity contribution >= 4 is 15.7 Å². The Kier molecular flexibility index (Phi) is 4.39. The van der Waals surface area contributed by atoms with Gasteiger partial charge in [0.1, 0.15) is 10.7 Å². The molecule has 6 nitrogen and oxygen atoms in total. The van der Waals surface area contributed by atoms with Crippen LogP contribution in [-0.2, 0) is 16.3 Å². The molecule has 3 heterocycles. The van der Waals surface area contributed by atoms with Crippen molar-refractivity contribution in [2.24, 2.45) is 5.92 Å². The number of sulfone groups is 1. The molecule has 0 amide bonds. The minimum atomic E-state index is -3.23. The van der Waals surface area contributed by atoms with E-state index in [2.05, 4.69) is 20.1 Å². The minimum Gasteiger partial charge on any atom is -0.356 e. The lowest BCUT2D eigenvalue weighted by Gasteiger charge is -2.33. The van der Waals surface area contributed by atoms with Crippen molar-refractivity contribution < 1.29 is 8.42 Å². The first-order valence-corrected chi connectivity index (χ1v) is 9.73. The third-order valence-electron chi connectivity index (χ3n) is 4.29. The normalized spacial score (nSPS) is 19.0. The van der Waals surface area contributed by atoms with E-state index in [1.54, 1.807) is 0 Å². The third-order valence-corrected chi connectivity index (χ3v) is 5.44. The molecular formula is C16H22N4O2S. The summed E-state index contributed by atoms with van der Waals surface area (Å²) < 4.78 is 23.6. The fraction of sp³-hybridized carbons (Fsp3) is 0.500. The van der Waals surface area contributed by atoms with E-state index in [4.69, 9.17) is 0 Å². The summed E-state index contributed by atoms with van der Waals surface area (Å²) in [6.07, 6.45) is 5.51. The Balaban J connectivity index is 1.74. The first-order valence-electron chi connectivity index (χ1n) is 7.84. The Morgan fingerprint density at radius 2 is 2.22 bits per heavy atom. The Morgan fingerprint density at radius 3 is 2.96 bits per heavy atom. The van der Waals surface area contributed by atoms with Gasteiger partial charge in [-0.05, 0) is 44.2 Å². The standard InChI is InChI=1S/C16H22N4O2S/c1-12-5-3-7-16(18-12)20-8-4-6-13(11-20)9-14-15(10-17-19-14)23(2,21)22/h3,5,7,10,13H,4,6,8-9,11H2,1-2H3,(H,17,19). The van der Waals surface area contributed by atoms with Crippen LogP contribution in [0.1, 0.15) is 24.2 Å². The molecule has 0 aromatic carbocycles. The average molecular weight is 334 g/mol. The highest BCUT2D eigenvalue weighted by Crippen LogP contribution is 2.26. The van der Waals surface area contributed by atoms with Crippen LogP contribution >= 0.6 is 0 Å². The van der Waals surface area contributed by atoms with Crippen LogP contribution < -0.4 is 4.90 Å². The van der Waals surface area contributed by atoms with Crippen molar-refractivity contribution in [1.82, 2.24) is 15.2 Å². The molecule has 0 spiro atoms. The Morgan fingerprint density at radius 1 is 1.39 bits per heavy atom. The molecule has 0 radical (unpaired) electrons. The highest BCUT2D eigenvalue weighted by atomic mass is 32.2. The second kappa shape index (κ2) is 6.31. The maximum atomic E-state index is 11.8. The smallest absolute Gasteiger partial charge is 0.178 e. The number of nitrogens with zero attached hydrogens (tertiary/aromatic N) is 3. The van der Waals surface area contributed by atoms with Crippen LogP contribution in [0, 0.1) is 12.8 Å². The number of H-pyrrole nitrogens is 1. The maximum absolute atomic E-state index is 11.8. The van der Waals surface area contributed by atoms with Crippen molar-refractivity contribution in [2.75, 3.05) is 24.2 Å². The number of hydrogen-bond acceptors (Lipinski definition) is 5. The minimum absolute atomic E-state index is 0.323. The van der Waals surface area contributed by atoms with E-state index in [0.717, 1.165) is 43.1 Å². The summed E-state index contributed by atoms with van der Waals surface area (Å²) in [5.41, 5.74) is 1.73. The molecule has 7 heteroatoms. The zero-order valence-electron chi connectivity index (χ0n) is 13.5. The van der Waals surface area contributed by atoms with E-state index in [-0.39, 0.29) is 0 Å². The van der Waals surface area contributed by atoms with Crippen molar-refractivity contribution in [1.29, 1.82) is 0 Å². The molecule has 0 bridgehead atoms. The summed E-state index contributed by atoms with van der Waals surface area (Å²) in [7, 11) is -3.23. The predicted octanol–water partition coefficient (Wildman–Crippen LogP) is 1.98. The van der Waals surface area contributed by atoms with Crippen molar-refractivity contribution in [2.45, 2.75) is 31.1 Å². The lowest BCUT2D eigenvalue weighted by Crippen LogP contribution is -2.37. The lowest BCUT2D eigenvalue weighted by molar-refractivity contribution is 0.406. The molecule has 3 rings (SSSR count). The summed E-state index contributed by atoms with van der Waals surface area (Å²) >= 11 is 0. The second-order valence-corrected chi connectivity index (χ2v) is 8.26. The Bertz CT molecular complexity index is 785. The molecule has 1 unspecified atom stereocenters. The molecule has 1 aliphatic rings. The molecule has 23 heavy (non-hydrogen) atoms. The van der Waals surface area contributed by atoms with Gasteiger partial charge in [-0.1, -0.05) is 6.07 Å². The van der Waals surface area contributed by atoms with Gasteiger partial charge in [0.15, 0.2) is 9.84 Å². The summed E-state index contributed by atoms with van der Waals surface area (Å²) in [5.74, 6) is 1.40. The third kappa shape index (κ3) is 3.72. The number of hydrogen-bond donors (Lipinski definition) is 1. The molecule has 2 aromatic rings. The first kappa shape index (κ1) is 16.0. The van der Waals surface area contributed by atoms with Crippen LogP contribution in [0.15, 0.2) is 29.3 Å². The molecule has 1 saturated heterocycles. The predicted molar refractivity (Wildman–Crippen MR) is 89.3 cm³/mol. The van der Waals surface area contributed by atoms with Gasteiger partial charge in [-0.15, -0.1) is 0 Å². The van der Waals surface area contributed by atoms with Gasteiger partial charge >= 0.3 is 0 Å². The highest BCUT2D eigenvalue weighted by Gasteiger charge is 2.24. The van der Waals surface area contributed by atoms with E-state index < -0.39 is 9.84 Å². The van der Waals surface area contributed by atoms with Gasteiger partial charge in [0, 0.05) is 25.0 Å². The topological polar surface area (TPSA) is 79.0 Å². The Hall–Kier alpha value is -1.89. The molecule has 1 aliphatic heterocycles. The van der Waals surface area contributed by atoms with Gasteiger partial charge in [-0.3, -0.25) is 5.10 Å². The second-order valence-electron chi connectivity index (χ2n) is 6.28. The number of pyridine rings is 1. The summed E-state index contributed by atoms with van der Waals surface area (Å²) in [6.45, 7) is 3.88. The van der Waals surface area contributed by atoms with Crippen LogP contribution in [0.2, 0.25) is 0 Å². The van der Waals surface area contributed by atoms with Gasteiger partial charge < -0.3 is 4.90 Å². The van der Waals surface area contributed by atoms with Gasteiger partial charge in [-0.25, -0.2) is 13.4 Å². The molecule has 0 aliphatic carbocycles. The van der Waals surface area contributed by atoms with E-state index in [9.17, 15) is 8.42 Å². The molecule has 1 atom stereocenters. The average Bonchev–Trinajstić information content (AvgIpc) is 2.96. The highest BCUT2D eigenvalue weighted by molar-refractivity contribution is 7.90. The molecule has 0 saturated carbocycles. The molecule has 1 N–H and O–H groups in total. The number of rotatable bonds is 4. The lowest BCUT2D eigenvalue weighted by atomic mass is 9.93. The van der Waals surface area contributed by atoms with Crippen molar-refractivity contribution in [3.63, 3.8) is 0 Å². The van der Waals surface area contributed by atoms with E-state index in [1.165, 1.54) is 12.5 Å². The van der Waals surface area contributed by atoms with Gasteiger partial charge in [0.25, 0.3) is 0 Å². The number of aromatic nitrogens is 3. The van der Waals surface area contributed by atoms with Crippen molar-refractivity contribution in [3.05, 3.63) is 35.8 Å². The monoisotopic (exact) mass is 334 g/mol. The number of nitrogens with one attached hydrogen (secondary N) is 1. The van der Waals surface area contributed by atoms with Crippen LogP contribution in [0.5, 0.6) is 0 Å². The zero-order valence-corrected chi connectivity index (χ0v) is 14.3. The van der Waals surface area contributed by atoms with Crippen LogP contribution in [0.4, 0.5) is 5.82 Å². The number of piperidine rings is 1. The SMILES string of the molecule is Cc1cccc(N2CCCC(Cc3[nH]ncc3S(C)(=O)=O)C2)n1. The molecular weight excluding hydrogens is 312 g/mol. The fourth-order valence-electron chi connectivity index (χ4n) is 3.20. The fourth-order valence-corrected chi connectivity index (χ4v) is 4.02. The molecule has 2 aromatic heterocycles. The zero-order chi connectivity index (χ0) is 16.4. The number of anilines is 1. The number of aryl methyl sites for hydroxylation is 1. The van der Waals surface area contributed by atoms with Crippen LogP contribution in [0.25, 0.3) is 0 Å². The summed E-state index contributed by atoms with van der Waals surface area (Å²) in [6, 6.07) is 6.05. The van der Waals surface area contributed by atoms with E-state index in [0.29, 0.717) is 17.2 Å². The van der Waals surface area contributed by atoms with Crippen LogP contribution in [-0.4, -0.2) is 42.9 Å². The number of aromatic amines is 1. The quantitative estimate of drug-likeness (QED) is 0.925. The largest absolute Gasteiger partial charge is 0.356 e. The molecule has 1 fully saturated rings. The maximum Gasteiger partial charge on any atom is 0.178 e. The first-order chi connectivity index (χ1) is 10.9. The summed E-state index contributed by atoms with van der Waals surface area (Å²) in [4.78, 5) is 7.21. The van der Waals surface area contributed by atoms with Crippen LogP contribution in [0.3, 0.4) is 0 Å². The van der Waals surface area contributed by atoms with Gasteiger partial charge in [0.2, 0.25) is 0 Å². The van der Waals surface area contributed by atoms with E-state index >= 15 is 0 Å². The van der Waals surface area contributed by atoms with E-state index in [1.807, 2.05) is 25.1 Å². The van der Waals surface area contributed by atoms with Gasteiger partial charge in [0.05, 0.1) is 11.9 Å². The Labute approximate surface area is 136 Å². The van der Waals surface area contributed by atoms with Gasteiger partial charge in [-0.2, -0.15) is 5.10 Å².